The summed E-state index contributed by atoms with van der Waals surface area (Å²) in [6.45, 7) is 1.75. The molecule has 7 N–H and O–H groups in total. The Kier molecular flexibility index (Phi) is 7.65. The van der Waals surface area contributed by atoms with Crippen LogP contribution in [0.4, 0.5) is 5.82 Å². The Balaban J connectivity index is 1.77. The quantitative estimate of drug-likeness (QED) is 0.322. The number of hydrogen-bond donors (Lipinski definition) is 5. The minimum Gasteiger partial charge on any atom is -0.404 e. The molecule has 0 radical (unpaired) electrons. The molecular formula is C24H33N7. The van der Waals surface area contributed by atoms with E-state index >= 15 is 0 Å². The van der Waals surface area contributed by atoms with E-state index in [1.165, 1.54) is 32.1 Å². The molecule has 0 unspecified atom stereocenters. The molecular weight excluding hydrogens is 386 g/mol. The van der Waals surface area contributed by atoms with Gasteiger partial charge in [0.15, 0.2) is 0 Å². The van der Waals surface area contributed by atoms with Crippen LogP contribution in [0.2, 0.25) is 0 Å². The van der Waals surface area contributed by atoms with Crippen molar-refractivity contribution < 1.29 is 0 Å². The number of nitrogens with one attached hydrogen (secondary N) is 3. The van der Waals surface area contributed by atoms with E-state index in [0.717, 1.165) is 34.2 Å². The lowest BCUT2D eigenvalue weighted by molar-refractivity contribution is 0.357. The molecule has 0 amide bonds. The molecule has 2 aromatic heterocycles. The van der Waals surface area contributed by atoms with Crippen LogP contribution in [0, 0.1) is 11.3 Å². The molecule has 7 nitrogen and oxygen atoms in total. The maximum Gasteiger partial charge on any atom is 0.132 e. The third-order valence-corrected chi connectivity index (χ3v) is 5.62. The first-order valence-corrected chi connectivity index (χ1v) is 10.8. The molecule has 1 aliphatic rings. The highest BCUT2D eigenvalue weighted by Gasteiger charge is 2.14. The van der Waals surface area contributed by atoms with Crippen molar-refractivity contribution in [3.05, 3.63) is 59.8 Å². The van der Waals surface area contributed by atoms with E-state index in [-0.39, 0.29) is 0 Å². The summed E-state index contributed by atoms with van der Waals surface area (Å²) in [5.74, 6) is 1.84. The van der Waals surface area contributed by atoms with Gasteiger partial charge in [-0.2, -0.15) is 0 Å². The molecule has 0 spiro atoms. The summed E-state index contributed by atoms with van der Waals surface area (Å²) in [5.41, 5.74) is 16.7. The lowest BCUT2D eigenvalue weighted by Gasteiger charge is -2.21. The van der Waals surface area contributed by atoms with Gasteiger partial charge in [-0.1, -0.05) is 32.1 Å². The van der Waals surface area contributed by atoms with Crippen LogP contribution in [0.3, 0.4) is 0 Å². The smallest absolute Gasteiger partial charge is 0.132 e. The number of allylic oxidation sites excluding steroid dienone is 3. The van der Waals surface area contributed by atoms with Gasteiger partial charge in [0.05, 0.1) is 11.0 Å². The summed E-state index contributed by atoms with van der Waals surface area (Å²) in [7, 11) is 1.81. The molecule has 1 fully saturated rings. The summed E-state index contributed by atoms with van der Waals surface area (Å²) >= 11 is 0. The van der Waals surface area contributed by atoms with Gasteiger partial charge >= 0.3 is 0 Å². The van der Waals surface area contributed by atoms with Crippen LogP contribution < -0.4 is 22.1 Å². The number of fused-ring (bicyclic) bond motifs is 1. The first-order valence-electron chi connectivity index (χ1n) is 10.8. The van der Waals surface area contributed by atoms with Crippen molar-refractivity contribution in [2.75, 3.05) is 12.4 Å². The Labute approximate surface area is 184 Å². The lowest BCUT2D eigenvalue weighted by Crippen LogP contribution is -2.12. The molecule has 2 heterocycles. The maximum atomic E-state index is 8.00. The largest absolute Gasteiger partial charge is 0.404 e. The van der Waals surface area contributed by atoms with Gasteiger partial charge in [-0.05, 0) is 55.3 Å². The highest BCUT2D eigenvalue weighted by Crippen LogP contribution is 2.29. The monoisotopic (exact) mass is 419 g/mol. The normalized spacial score (nSPS) is 16.4. The fraction of sp³-hybridized carbons (Fsp3) is 0.375. The molecule has 0 aliphatic heterocycles. The molecule has 31 heavy (non-hydrogen) atoms. The van der Waals surface area contributed by atoms with Crippen molar-refractivity contribution in [1.29, 1.82) is 5.41 Å². The standard InChI is InChI=1S/C24H33N7/c1-16(26)20(15-28-2)19-12-22-21(29-14-19)8-9-24(30-22)31-23(27)11-18(13-25)10-17-6-4-3-5-7-17/h8-9,11-15,17,26,28H,3-7,10,25,27H2,1-2H3,(H,30,31)/b18-13-,20-15+,23-11+,26-16?. The molecule has 7 heteroatoms. The topological polar surface area (TPSA) is 126 Å². The van der Waals surface area contributed by atoms with E-state index in [0.29, 0.717) is 23.3 Å². The molecule has 1 saturated carbocycles. The Bertz CT molecular complexity index is 1010. The molecule has 1 aliphatic carbocycles. The second-order valence-corrected chi connectivity index (χ2v) is 8.10. The van der Waals surface area contributed by atoms with Crippen molar-refractivity contribution in [2.45, 2.75) is 45.4 Å². The van der Waals surface area contributed by atoms with Crippen molar-refractivity contribution >= 4 is 28.1 Å². The highest BCUT2D eigenvalue weighted by atomic mass is 15.1. The van der Waals surface area contributed by atoms with E-state index in [9.17, 15) is 0 Å². The molecule has 3 rings (SSSR count). The molecule has 0 saturated heterocycles. The zero-order chi connectivity index (χ0) is 22.2. The van der Waals surface area contributed by atoms with Gasteiger partial charge in [0, 0.05) is 36.3 Å². The first kappa shape index (κ1) is 22.3. The van der Waals surface area contributed by atoms with Gasteiger partial charge in [0.2, 0.25) is 0 Å². The number of pyridine rings is 2. The fourth-order valence-corrected chi connectivity index (χ4v) is 4.06. The van der Waals surface area contributed by atoms with Crippen LogP contribution in [-0.2, 0) is 0 Å². The average Bonchev–Trinajstić information content (AvgIpc) is 2.77. The summed E-state index contributed by atoms with van der Waals surface area (Å²) in [4.78, 5) is 9.15. The Morgan fingerprint density at radius 2 is 2.00 bits per heavy atom. The third-order valence-electron chi connectivity index (χ3n) is 5.62. The summed E-state index contributed by atoms with van der Waals surface area (Å²) in [5, 5.41) is 14.2. The molecule has 164 valence electrons. The van der Waals surface area contributed by atoms with Crippen molar-refractivity contribution in [2.24, 2.45) is 17.4 Å². The predicted octanol–water partition coefficient (Wildman–Crippen LogP) is 4.25. The Morgan fingerprint density at radius 1 is 1.23 bits per heavy atom. The first-order chi connectivity index (χ1) is 15.0. The zero-order valence-electron chi connectivity index (χ0n) is 18.4. The SMILES string of the molecule is CN/C=C(\C(C)=N)c1cnc2ccc(N/C(N)=C/C(=C\N)CC3CCCCC3)nc2c1. The maximum absolute atomic E-state index is 8.00. The van der Waals surface area contributed by atoms with Crippen LogP contribution >= 0.6 is 0 Å². The number of nitrogens with two attached hydrogens (primary N) is 2. The van der Waals surface area contributed by atoms with Gasteiger partial charge in [-0.15, -0.1) is 0 Å². The summed E-state index contributed by atoms with van der Waals surface area (Å²) in [6.07, 6.45) is 14.5. The second-order valence-electron chi connectivity index (χ2n) is 8.10. The van der Waals surface area contributed by atoms with Crippen LogP contribution in [0.1, 0.15) is 51.0 Å². The van der Waals surface area contributed by atoms with Crippen LogP contribution in [-0.4, -0.2) is 22.7 Å². The van der Waals surface area contributed by atoms with E-state index in [1.54, 1.807) is 25.5 Å². The van der Waals surface area contributed by atoms with E-state index in [2.05, 4.69) is 20.6 Å². The number of hydrogen-bond acceptors (Lipinski definition) is 7. The average molecular weight is 420 g/mol. The second kappa shape index (κ2) is 10.6. The summed E-state index contributed by atoms with van der Waals surface area (Å²) in [6, 6.07) is 5.69. The highest BCUT2D eigenvalue weighted by molar-refractivity contribution is 6.21. The fourth-order valence-electron chi connectivity index (χ4n) is 4.06. The number of nitrogens with zero attached hydrogens (tertiary/aromatic N) is 2. The van der Waals surface area contributed by atoms with Gasteiger partial charge < -0.3 is 27.5 Å². The number of anilines is 1. The van der Waals surface area contributed by atoms with Gasteiger partial charge in [0.25, 0.3) is 0 Å². The predicted molar refractivity (Wildman–Crippen MR) is 129 cm³/mol. The van der Waals surface area contributed by atoms with Crippen molar-refractivity contribution in [3.8, 4) is 0 Å². The third kappa shape index (κ3) is 6.07. The van der Waals surface area contributed by atoms with E-state index < -0.39 is 0 Å². The van der Waals surface area contributed by atoms with Crippen molar-refractivity contribution in [3.63, 3.8) is 0 Å². The van der Waals surface area contributed by atoms with Crippen LogP contribution in [0.5, 0.6) is 0 Å². The summed E-state index contributed by atoms with van der Waals surface area (Å²) < 4.78 is 0. The van der Waals surface area contributed by atoms with Crippen LogP contribution in [0.15, 0.2) is 54.3 Å². The number of aromatic nitrogens is 2. The number of rotatable bonds is 8. The van der Waals surface area contributed by atoms with Gasteiger partial charge in [-0.3, -0.25) is 4.98 Å². The zero-order valence-corrected chi connectivity index (χ0v) is 18.4. The van der Waals surface area contributed by atoms with E-state index in [1.807, 2.05) is 31.3 Å². The Morgan fingerprint density at radius 3 is 2.68 bits per heavy atom. The van der Waals surface area contributed by atoms with E-state index in [4.69, 9.17) is 16.9 Å². The van der Waals surface area contributed by atoms with Gasteiger partial charge in [0.1, 0.15) is 11.6 Å². The molecule has 0 aromatic carbocycles. The molecule has 0 atom stereocenters. The van der Waals surface area contributed by atoms with Gasteiger partial charge in [-0.25, -0.2) is 4.98 Å². The Hall–Kier alpha value is -3.35. The minimum atomic E-state index is 0.455. The molecule has 0 bridgehead atoms. The minimum absolute atomic E-state index is 0.455. The van der Waals surface area contributed by atoms with Crippen LogP contribution in [0.25, 0.3) is 16.6 Å². The molecule has 2 aromatic rings. The van der Waals surface area contributed by atoms with Crippen molar-refractivity contribution in [1.82, 2.24) is 15.3 Å². The lowest BCUT2D eigenvalue weighted by atomic mass is 9.85.